The lowest BCUT2D eigenvalue weighted by Gasteiger charge is -2.28. The molecule has 0 unspecified atom stereocenters. The molecule has 2 aromatic carbocycles. The zero-order chi connectivity index (χ0) is 19.5. The van der Waals surface area contributed by atoms with E-state index in [2.05, 4.69) is 22.4 Å². The molecule has 2 heterocycles. The lowest BCUT2D eigenvalue weighted by atomic mass is 10.00. The van der Waals surface area contributed by atoms with Crippen molar-refractivity contribution in [1.82, 2.24) is 9.88 Å². The molecule has 5 nitrogen and oxygen atoms in total. The number of carbonyl (C=O) groups excluding carboxylic acids is 1. The number of nitrogens with one attached hydrogen (secondary N) is 1. The molecule has 1 amide bonds. The number of rotatable bonds is 4. The summed E-state index contributed by atoms with van der Waals surface area (Å²) in [6.45, 7) is 1.34. The van der Waals surface area contributed by atoms with Gasteiger partial charge in [0.15, 0.2) is 0 Å². The molecular formula is C22H20ClN3O2. The van der Waals surface area contributed by atoms with E-state index in [0.29, 0.717) is 29.6 Å². The van der Waals surface area contributed by atoms with Crippen LogP contribution in [0.5, 0.6) is 5.75 Å². The zero-order valence-electron chi connectivity index (χ0n) is 15.5. The molecule has 0 saturated carbocycles. The van der Waals surface area contributed by atoms with Gasteiger partial charge in [-0.15, -0.1) is 0 Å². The Kier molecular flexibility index (Phi) is 5.17. The van der Waals surface area contributed by atoms with E-state index in [-0.39, 0.29) is 5.91 Å². The summed E-state index contributed by atoms with van der Waals surface area (Å²) in [4.78, 5) is 19.0. The molecule has 1 aliphatic heterocycles. The van der Waals surface area contributed by atoms with Gasteiger partial charge in [-0.2, -0.15) is 0 Å². The van der Waals surface area contributed by atoms with E-state index in [1.165, 1.54) is 11.1 Å². The maximum atomic E-state index is 12.8. The van der Waals surface area contributed by atoms with Gasteiger partial charge in [-0.3, -0.25) is 4.79 Å². The number of amides is 1. The summed E-state index contributed by atoms with van der Waals surface area (Å²) in [5.74, 6) is 0.572. The van der Waals surface area contributed by atoms with E-state index in [4.69, 9.17) is 16.3 Å². The van der Waals surface area contributed by atoms with Crippen molar-refractivity contribution in [2.75, 3.05) is 19.0 Å². The number of aromatic nitrogens is 1. The Morgan fingerprint density at radius 3 is 2.61 bits per heavy atom. The summed E-state index contributed by atoms with van der Waals surface area (Å²) in [5.41, 5.74) is 4.56. The minimum atomic E-state index is -0.0476. The van der Waals surface area contributed by atoms with Gasteiger partial charge in [-0.25, -0.2) is 4.98 Å². The first-order chi connectivity index (χ1) is 13.6. The molecule has 28 heavy (non-hydrogen) atoms. The van der Waals surface area contributed by atoms with Gasteiger partial charge in [0.2, 0.25) is 0 Å². The van der Waals surface area contributed by atoms with Crippen LogP contribution in [-0.4, -0.2) is 29.4 Å². The van der Waals surface area contributed by atoms with Crippen LogP contribution in [-0.2, 0) is 13.0 Å². The molecule has 0 radical (unpaired) electrons. The number of hydrogen-bond donors (Lipinski definition) is 1. The Bertz CT molecular complexity index is 1000. The minimum absolute atomic E-state index is 0.0476. The van der Waals surface area contributed by atoms with Crippen LogP contribution in [0.4, 0.5) is 11.4 Å². The van der Waals surface area contributed by atoms with Crippen molar-refractivity contribution >= 4 is 28.9 Å². The van der Waals surface area contributed by atoms with Crippen LogP contribution in [0.2, 0.25) is 5.02 Å². The van der Waals surface area contributed by atoms with Gasteiger partial charge in [0, 0.05) is 18.8 Å². The number of anilines is 2. The maximum absolute atomic E-state index is 12.8. The molecule has 142 valence electrons. The van der Waals surface area contributed by atoms with Crippen molar-refractivity contribution in [3.05, 3.63) is 82.6 Å². The smallest absolute Gasteiger partial charge is 0.272 e. The Morgan fingerprint density at radius 2 is 1.89 bits per heavy atom. The fourth-order valence-corrected chi connectivity index (χ4v) is 3.59. The van der Waals surface area contributed by atoms with Gasteiger partial charge in [0.1, 0.15) is 11.4 Å². The van der Waals surface area contributed by atoms with E-state index >= 15 is 0 Å². The number of hydrogen-bond acceptors (Lipinski definition) is 4. The fraction of sp³-hybridized carbons (Fsp3) is 0.182. The number of benzene rings is 2. The highest BCUT2D eigenvalue weighted by molar-refractivity contribution is 6.32. The summed E-state index contributed by atoms with van der Waals surface area (Å²) in [7, 11) is 1.58. The average molecular weight is 394 g/mol. The van der Waals surface area contributed by atoms with Crippen molar-refractivity contribution in [3.8, 4) is 5.75 Å². The molecule has 1 N–H and O–H groups in total. The predicted molar refractivity (Wildman–Crippen MR) is 110 cm³/mol. The third-order valence-corrected chi connectivity index (χ3v) is 5.14. The van der Waals surface area contributed by atoms with Crippen molar-refractivity contribution < 1.29 is 9.53 Å². The summed E-state index contributed by atoms with van der Waals surface area (Å²) < 4.78 is 5.16. The number of halogens is 1. The van der Waals surface area contributed by atoms with E-state index < -0.39 is 0 Å². The second kappa shape index (κ2) is 7.90. The molecule has 1 aromatic heterocycles. The number of fused-ring (bicyclic) bond motifs is 1. The van der Waals surface area contributed by atoms with Crippen molar-refractivity contribution in [1.29, 1.82) is 0 Å². The number of nitrogens with zero attached hydrogens (tertiary/aromatic N) is 2. The van der Waals surface area contributed by atoms with Crippen LogP contribution in [0.15, 0.2) is 60.8 Å². The van der Waals surface area contributed by atoms with Crippen LogP contribution in [0.25, 0.3) is 0 Å². The Morgan fingerprint density at radius 1 is 1.11 bits per heavy atom. The topological polar surface area (TPSA) is 54.5 Å². The maximum Gasteiger partial charge on any atom is 0.272 e. The van der Waals surface area contributed by atoms with E-state index in [1.807, 2.05) is 29.2 Å². The van der Waals surface area contributed by atoms with Crippen molar-refractivity contribution in [3.63, 3.8) is 0 Å². The van der Waals surface area contributed by atoms with E-state index in [9.17, 15) is 4.79 Å². The van der Waals surface area contributed by atoms with Gasteiger partial charge in [0.05, 0.1) is 24.0 Å². The highest BCUT2D eigenvalue weighted by Crippen LogP contribution is 2.28. The van der Waals surface area contributed by atoms with Gasteiger partial charge in [-0.1, -0.05) is 35.9 Å². The lowest BCUT2D eigenvalue weighted by Crippen LogP contribution is -2.36. The van der Waals surface area contributed by atoms with Crippen LogP contribution >= 0.6 is 11.6 Å². The molecular weight excluding hydrogens is 374 g/mol. The number of pyridine rings is 1. The highest BCUT2D eigenvalue weighted by Gasteiger charge is 2.22. The standard InChI is InChI=1S/C22H20ClN3O2/c1-28-21-9-7-17(12-19(21)23)25-18-6-8-20(24-13-18)22(27)26-11-10-15-4-2-3-5-16(15)14-26/h2-9,12-13,25H,10-11,14H2,1H3. The molecule has 0 atom stereocenters. The third kappa shape index (κ3) is 3.80. The van der Waals surface area contributed by atoms with Gasteiger partial charge in [0.25, 0.3) is 5.91 Å². The monoisotopic (exact) mass is 393 g/mol. The largest absolute Gasteiger partial charge is 0.495 e. The molecule has 0 bridgehead atoms. The predicted octanol–water partition coefficient (Wildman–Crippen LogP) is 4.69. The summed E-state index contributed by atoms with van der Waals surface area (Å²) >= 11 is 6.15. The van der Waals surface area contributed by atoms with Crippen molar-refractivity contribution in [2.45, 2.75) is 13.0 Å². The number of ether oxygens (including phenoxy) is 1. The number of carbonyl (C=O) groups is 1. The molecule has 1 aliphatic rings. The van der Waals surface area contributed by atoms with Crippen molar-refractivity contribution in [2.24, 2.45) is 0 Å². The van der Waals surface area contributed by atoms with Crippen LogP contribution in [0.3, 0.4) is 0 Å². The van der Waals surface area contributed by atoms with E-state index in [1.54, 1.807) is 31.5 Å². The normalized spacial score (nSPS) is 13.0. The molecule has 0 saturated heterocycles. The molecule has 4 rings (SSSR count). The lowest BCUT2D eigenvalue weighted by molar-refractivity contribution is 0.0729. The second-order valence-electron chi connectivity index (χ2n) is 6.65. The van der Waals surface area contributed by atoms with Gasteiger partial charge in [-0.05, 0) is 47.9 Å². The SMILES string of the molecule is COc1ccc(Nc2ccc(C(=O)N3CCc4ccccc4C3)nc2)cc1Cl. The Labute approximate surface area is 168 Å². The zero-order valence-corrected chi connectivity index (χ0v) is 16.2. The molecule has 0 spiro atoms. The van der Waals surface area contributed by atoms with Crippen LogP contribution in [0.1, 0.15) is 21.6 Å². The summed E-state index contributed by atoms with van der Waals surface area (Å²) in [6.07, 6.45) is 2.53. The molecule has 0 aliphatic carbocycles. The van der Waals surface area contributed by atoms with Gasteiger partial charge < -0.3 is 15.0 Å². The first-order valence-corrected chi connectivity index (χ1v) is 9.44. The molecule has 3 aromatic rings. The Hall–Kier alpha value is -3.05. The minimum Gasteiger partial charge on any atom is -0.495 e. The second-order valence-corrected chi connectivity index (χ2v) is 7.06. The highest BCUT2D eigenvalue weighted by atomic mass is 35.5. The quantitative estimate of drug-likeness (QED) is 0.698. The first-order valence-electron chi connectivity index (χ1n) is 9.07. The Balaban J connectivity index is 1.44. The van der Waals surface area contributed by atoms with E-state index in [0.717, 1.165) is 17.8 Å². The summed E-state index contributed by atoms with van der Waals surface area (Å²) in [6, 6.07) is 17.3. The van der Waals surface area contributed by atoms with Crippen LogP contribution < -0.4 is 10.1 Å². The average Bonchev–Trinajstić information content (AvgIpc) is 2.73. The fourth-order valence-electron chi connectivity index (χ4n) is 3.34. The molecule has 6 heteroatoms. The molecule has 0 fully saturated rings. The van der Waals surface area contributed by atoms with Gasteiger partial charge >= 0.3 is 0 Å². The third-order valence-electron chi connectivity index (χ3n) is 4.84. The van der Waals surface area contributed by atoms with Crippen LogP contribution in [0, 0.1) is 0 Å². The first kappa shape index (κ1) is 18.3. The summed E-state index contributed by atoms with van der Waals surface area (Å²) in [5, 5.41) is 3.75. The number of methoxy groups -OCH3 is 1.